The first-order chi connectivity index (χ1) is 17.0. The summed E-state index contributed by atoms with van der Waals surface area (Å²) < 4.78 is 4.45. The fourth-order valence-corrected chi connectivity index (χ4v) is 6.76. The second-order valence-electron chi connectivity index (χ2n) is 10.2. The Morgan fingerprint density at radius 2 is 1.53 bits per heavy atom. The van der Waals surface area contributed by atoms with Crippen LogP contribution in [0.2, 0.25) is 0 Å². The predicted octanol–water partition coefficient (Wildman–Crippen LogP) is 4.25. The second kappa shape index (κ2) is 8.36. The van der Waals surface area contributed by atoms with Crippen molar-refractivity contribution in [3.8, 4) is 0 Å². The first kappa shape index (κ1) is 23.1. The summed E-state index contributed by atoms with van der Waals surface area (Å²) in [6.07, 6.45) is 2.91. The van der Waals surface area contributed by atoms with E-state index < -0.39 is 0 Å². The van der Waals surface area contributed by atoms with Crippen LogP contribution in [0.3, 0.4) is 0 Å². The molecule has 5 heterocycles. The molecule has 7 heteroatoms. The van der Waals surface area contributed by atoms with Crippen LogP contribution in [0.4, 0.5) is 0 Å². The number of aromatic nitrogens is 2. The number of benzene rings is 2. The Labute approximate surface area is 216 Å². The lowest BCUT2D eigenvalue weighted by atomic mass is 9.85. The minimum absolute atomic E-state index is 0. The maximum absolute atomic E-state index is 13.5. The molecular formula is C29H29ClN4O2. The number of hydrogen-bond donors (Lipinski definition) is 1. The van der Waals surface area contributed by atoms with Crippen LogP contribution in [-0.4, -0.2) is 45.5 Å². The van der Waals surface area contributed by atoms with Crippen molar-refractivity contribution in [1.29, 1.82) is 0 Å². The average Bonchev–Trinajstić information content (AvgIpc) is 3.58. The van der Waals surface area contributed by atoms with E-state index in [2.05, 4.69) is 39.9 Å². The van der Waals surface area contributed by atoms with Gasteiger partial charge in [0.25, 0.3) is 11.8 Å². The molecule has 2 aromatic carbocycles. The van der Waals surface area contributed by atoms with Gasteiger partial charge in [-0.1, -0.05) is 43.3 Å². The molecule has 3 aliphatic heterocycles. The van der Waals surface area contributed by atoms with Gasteiger partial charge in [0, 0.05) is 71.5 Å². The zero-order chi connectivity index (χ0) is 23.8. The van der Waals surface area contributed by atoms with E-state index >= 15 is 0 Å². The van der Waals surface area contributed by atoms with E-state index in [9.17, 15) is 9.59 Å². The van der Waals surface area contributed by atoms with Crippen LogP contribution in [0.1, 0.15) is 23.7 Å². The van der Waals surface area contributed by atoms with Crippen LogP contribution in [0.5, 0.6) is 0 Å². The lowest BCUT2D eigenvalue weighted by Crippen LogP contribution is -2.28. The van der Waals surface area contributed by atoms with Crippen LogP contribution in [0, 0.1) is 11.8 Å². The molecule has 0 aliphatic carbocycles. The summed E-state index contributed by atoms with van der Waals surface area (Å²) in [4.78, 5) is 29.3. The summed E-state index contributed by atoms with van der Waals surface area (Å²) in [6.45, 7) is 6.49. The summed E-state index contributed by atoms with van der Waals surface area (Å²) >= 11 is 0. The number of imide groups is 1. The number of carbonyl (C=O) groups is 2. The van der Waals surface area contributed by atoms with Crippen molar-refractivity contribution >= 4 is 57.2 Å². The second-order valence-corrected chi connectivity index (χ2v) is 10.2. The average molecular weight is 501 g/mol. The number of carbonyl (C=O) groups excluding carboxylic acids is 2. The Bertz CT molecular complexity index is 1590. The maximum Gasteiger partial charge on any atom is 0.259 e. The van der Waals surface area contributed by atoms with Gasteiger partial charge in [0.1, 0.15) is 0 Å². The van der Waals surface area contributed by atoms with E-state index in [-0.39, 0.29) is 24.2 Å². The SMILES string of the molecule is CCN1C[C@@H]2Cc3c(C4=C(c5cn(C)c6ccccc56)C(=O)NC4=O)c4ccccc4n3C[C@@H]2C1.Cl. The molecule has 36 heavy (non-hydrogen) atoms. The largest absolute Gasteiger partial charge is 0.350 e. The molecule has 0 saturated carbocycles. The molecule has 4 aromatic rings. The van der Waals surface area contributed by atoms with E-state index in [0.717, 1.165) is 65.5 Å². The number of hydrogen-bond acceptors (Lipinski definition) is 3. The van der Waals surface area contributed by atoms with Gasteiger partial charge in [-0.25, -0.2) is 0 Å². The minimum Gasteiger partial charge on any atom is -0.350 e. The molecule has 3 aliphatic rings. The molecule has 2 atom stereocenters. The number of halogens is 1. The fourth-order valence-electron chi connectivity index (χ4n) is 6.76. The normalized spacial score (nSPS) is 21.7. The van der Waals surface area contributed by atoms with E-state index in [1.807, 2.05) is 48.1 Å². The van der Waals surface area contributed by atoms with E-state index in [0.29, 0.717) is 23.0 Å². The third kappa shape index (κ3) is 3.14. The quantitative estimate of drug-likeness (QED) is 0.428. The van der Waals surface area contributed by atoms with Gasteiger partial charge < -0.3 is 14.0 Å². The highest BCUT2D eigenvalue weighted by Gasteiger charge is 2.41. The number of para-hydroxylation sites is 2. The Morgan fingerprint density at radius 3 is 2.31 bits per heavy atom. The molecule has 184 valence electrons. The van der Waals surface area contributed by atoms with Crippen molar-refractivity contribution in [2.24, 2.45) is 18.9 Å². The van der Waals surface area contributed by atoms with Gasteiger partial charge in [-0.05, 0) is 36.9 Å². The van der Waals surface area contributed by atoms with E-state index in [1.165, 1.54) is 5.69 Å². The first-order valence-electron chi connectivity index (χ1n) is 12.5. The molecule has 0 spiro atoms. The van der Waals surface area contributed by atoms with Gasteiger partial charge in [-0.2, -0.15) is 0 Å². The molecule has 2 amide bonds. The third-order valence-electron chi connectivity index (χ3n) is 8.40. The van der Waals surface area contributed by atoms with Gasteiger partial charge >= 0.3 is 0 Å². The van der Waals surface area contributed by atoms with Crippen molar-refractivity contribution < 1.29 is 9.59 Å². The predicted molar refractivity (Wildman–Crippen MR) is 145 cm³/mol. The van der Waals surface area contributed by atoms with Crippen molar-refractivity contribution in [2.45, 2.75) is 19.9 Å². The van der Waals surface area contributed by atoms with Crippen molar-refractivity contribution in [1.82, 2.24) is 19.4 Å². The lowest BCUT2D eigenvalue weighted by molar-refractivity contribution is -0.122. The molecule has 0 bridgehead atoms. The third-order valence-corrected chi connectivity index (χ3v) is 8.40. The topological polar surface area (TPSA) is 59.3 Å². The first-order valence-corrected chi connectivity index (χ1v) is 12.5. The van der Waals surface area contributed by atoms with Crippen LogP contribution in [0.15, 0.2) is 54.7 Å². The Kier molecular flexibility index (Phi) is 5.36. The maximum atomic E-state index is 13.5. The van der Waals surface area contributed by atoms with Crippen LogP contribution >= 0.6 is 12.4 Å². The van der Waals surface area contributed by atoms with Crippen molar-refractivity contribution in [3.63, 3.8) is 0 Å². The van der Waals surface area contributed by atoms with Crippen LogP contribution in [-0.2, 0) is 29.6 Å². The standard InChI is InChI=1S/C29H28N4O2.ClH/c1-3-32-13-17-12-24-25(20-9-5-7-11-23(20)33(24)15-18(17)14-32)27-26(28(34)30-29(27)35)21-16-31(2)22-10-6-4-8-19(21)22;/h4-11,16-18H,3,12-15H2,1-2H3,(H,30,34,35);1H/t17-,18-;/m0./s1. The summed E-state index contributed by atoms with van der Waals surface area (Å²) in [7, 11) is 1.98. The Balaban J connectivity index is 0.00000240. The van der Waals surface area contributed by atoms with Gasteiger partial charge in [0.15, 0.2) is 0 Å². The Hall–Kier alpha value is -3.35. The molecule has 0 unspecified atom stereocenters. The van der Waals surface area contributed by atoms with Gasteiger partial charge in [-0.3, -0.25) is 14.9 Å². The van der Waals surface area contributed by atoms with Crippen molar-refractivity contribution in [3.05, 3.63) is 71.5 Å². The van der Waals surface area contributed by atoms with Crippen LogP contribution in [0.25, 0.3) is 33.0 Å². The lowest BCUT2D eigenvalue weighted by Gasteiger charge is -2.28. The minimum atomic E-state index is -0.308. The zero-order valence-electron chi connectivity index (χ0n) is 20.5. The summed E-state index contributed by atoms with van der Waals surface area (Å²) in [5.41, 5.74) is 6.18. The van der Waals surface area contributed by atoms with E-state index in [4.69, 9.17) is 0 Å². The number of nitrogens with zero attached hydrogens (tertiary/aromatic N) is 3. The number of nitrogens with one attached hydrogen (secondary N) is 1. The van der Waals surface area contributed by atoms with Gasteiger partial charge in [0.2, 0.25) is 0 Å². The number of rotatable bonds is 3. The zero-order valence-corrected chi connectivity index (χ0v) is 21.3. The van der Waals surface area contributed by atoms with Gasteiger partial charge in [-0.15, -0.1) is 12.4 Å². The molecule has 6 nitrogen and oxygen atoms in total. The number of fused-ring (bicyclic) bond motifs is 5. The van der Waals surface area contributed by atoms with E-state index in [1.54, 1.807) is 0 Å². The smallest absolute Gasteiger partial charge is 0.259 e. The fraction of sp³-hybridized carbons (Fsp3) is 0.310. The highest BCUT2D eigenvalue weighted by atomic mass is 35.5. The molecule has 1 N–H and O–H groups in total. The molecule has 0 radical (unpaired) electrons. The summed E-state index contributed by atoms with van der Waals surface area (Å²) in [6, 6.07) is 16.4. The van der Waals surface area contributed by atoms with Gasteiger partial charge in [0.05, 0.1) is 11.1 Å². The number of likely N-dealkylation sites (tertiary alicyclic amines) is 1. The highest BCUT2D eigenvalue weighted by molar-refractivity contribution is 6.51. The van der Waals surface area contributed by atoms with Crippen LogP contribution < -0.4 is 5.32 Å². The molecule has 2 aromatic heterocycles. The molecule has 1 saturated heterocycles. The summed E-state index contributed by atoms with van der Waals surface area (Å²) in [5, 5.41) is 4.68. The number of amides is 2. The Morgan fingerprint density at radius 1 is 0.861 bits per heavy atom. The monoisotopic (exact) mass is 500 g/mol. The highest BCUT2D eigenvalue weighted by Crippen LogP contribution is 2.44. The molecular weight excluding hydrogens is 472 g/mol. The molecule has 7 rings (SSSR count). The van der Waals surface area contributed by atoms with Crippen molar-refractivity contribution in [2.75, 3.05) is 19.6 Å². The molecule has 1 fully saturated rings. The summed E-state index contributed by atoms with van der Waals surface area (Å²) in [5.74, 6) is 0.599. The number of aryl methyl sites for hydroxylation is 1.